The van der Waals surface area contributed by atoms with Crippen LogP contribution in [0.1, 0.15) is 38.8 Å². The van der Waals surface area contributed by atoms with Gasteiger partial charge in [-0.15, -0.1) is 0 Å². The van der Waals surface area contributed by atoms with E-state index in [1.807, 2.05) is 19.1 Å². The Bertz CT molecular complexity index is 407. The van der Waals surface area contributed by atoms with E-state index >= 15 is 0 Å². The topological polar surface area (TPSA) is 65.9 Å². The Kier molecular flexibility index (Phi) is 5.60. The maximum atomic E-state index is 8.72. The molecule has 0 bridgehead atoms. The Balaban J connectivity index is 2.89. The second-order valence-electron chi connectivity index (χ2n) is 4.98. The lowest BCUT2D eigenvalue weighted by atomic mass is 10.1. The van der Waals surface area contributed by atoms with Gasteiger partial charge in [0.25, 0.3) is 0 Å². The van der Waals surface area contributed by atoms with Crippen molar-refractivity contribution >= 4 is 5.82 Å². The van der Waals surface area contributed by atoms with Crippen LogP contribution in [-0.2, 0) is 0 Å². The van der Waals surface area contributed by atoms with Crippen molar-refractivity contribution in [3.8, 4) is 6.07 Å². The van der Waals surface area contributed by atoms with E-state index in [1.54, 1.807) is 6.20 Å². The first-order chi connectivity index (χ1) is 8.54. The van der Waals surface area contributed by atoms with Gasteiger partial charge in [-0.1, -0.05) is 13.8 Å². The van der Waals surface area contributed by atoms with Gasteiger partial charge in [0, 0.05) is 25.3 Å². The summed E-state index contributed by atoms with van der Waals surface area (Å²) in [4.78, 5) is 6.54. The van der Waals surface area contributed by atoms with Crippen LogP contribution in [0.25, 0.3) is 0 Å². The number of nitrogens with zero attached hydrogens (tertiary/aromatic N) is 3. The molecule has 0 aliphatic rings. The molecule has 0 fully saturated rings. The van der Waals surface area contributed by atoms with Gasteiger partial charge < -0.3 is 10.6 Å². The number of pyridine rings is 1. The highest BCUT2D eigenvalue weighted by molar-refractivity contribution is 5.42. The molecule has 1 unspecified atom stereocenters. The maximum Gasteiger partial charge on any atom is 0.128 e. The SMILES string of the molecule is CC(C)CN(CCC#N)c1cc(C(C)N)ccn1. The highest BCUT2D eigenvalue weighted by Crippen LogP contribution is 2.18. The number of nitrogens with two attached hydrogens (primary N) is 1. The fourth-order valence-corrected chi connectivity index (χ4v) is 1.82. The van der Waals surface area contributed by atoms with E-state index in [2.05, 4.69) is 29.8 Å². The summed E-state index contributed by atoms with van der Waals surface area (Å²) in [5.74, 6) is 1.44. The summed E-state index contributed by atoms with van der Waals surface area (Å²) >= 11 is 0. The van der Waals surface area contributed by atoms with Gasteiger partial charge in [-0.05, 0) is 30.5 Å². The normalized spacial score (nSPS) is 12.2. The average molecular weight is 246 g/mol. The molecule has 18 heavy (non-hydrogen) atoms. The van der Waals surface area contributed by atoms with Crippen LogP contribution in [0, 0.1) is 17.2 Å². The standard InChI is InChI=1S/C14H22N4/c1-11(2)10-18(8-4-6-15)14-9-13(12(3)16)5-7-17-14/h5,7,9,11-12H,4,8,10,16H2,1-3H3. The Morgan fingerprint density at radius 1 is 1.44 bits per heavy atom. The zero-order valence-corrected chi connectivity index (χ0v) is 11.4. The highest BCUT2D eigenvalue weighted by atomic mass is 15.2. The molecule has 0 spiro atoms. The quantitative estimate of drug-likeness (QED) is 0.837. The van der Waals surface area contributed by atoms with Gasteiger partial charge in [-0.3, -0.25) is 0 Å². The summed E-state index contributed by atoms with van der Waals surface area (Å²) in [6.07, 6.45) is 2.30. The molecule has 0 aliphatic carbocycles. The zero-order chi connectivity index (χ0) is 13.5. The molecule has 0 saturated heterocycles. The van der Waals surface area contributed by atoms with Crippen LogP contribution >= 0.6 is 0 Å². The summed E-state index contributed by atoms with van der Waals surface area (Å²) in [5, 5.41) is 8.72. The Morgan fingerprint density at radius 3 is 2.72 bits per heavy atom. The summed E-state index contributed by atoms with van der Waals surface area (Å²) in [7, 11) is 0. The molecule has 0 amide bonds. The third kappa shape index (κ3) is 4.34. The first-order valence-corrected chi connectivity index (χ1v) is 6.38. The van der Waals surface area contributed by atoms with E-state index in [0.717, 1.165) is 17.9 Å². The Labute approximate surface area is 109 Å². The number of anilines is 1. The van der Waals surface area contributed by atoms with Gasteiger partial charge in [-0.25, -0.2) is 4.98 Å². The van der Waals surface area contributed by atoms with Gasteiger partial charge in [-0.2, -0.15) is 5.26 Å². The molecule has 0 radical (unpaired) electrons. The van der Waals surface area contributed by atoms with Crippen LogP contribution in [-0.4, -0.2) is 18.1 Å². The molecular weight excluding hydrogens is 224 g/mol. The van der Waals surface area contributed by atoms with Crippen LogP contribution in [0.15, 0.2) is 18.3 Å². The molecule has 1 aromatic rings. The van der Waals surface area contributed by atoms with Crippen LogP contribution in [0.2, 0.25) is 0 Å². The molecule has 98 valence electrons. The van der Waals surface area contributed by atoms with Crippen molar-refractivity contribution in [1.82, 2.24) is 4.98 Å². The number of hydrogen-bond donors (Lipinski definition) is 1. The second-order valence-corrected chi connectivity index (χ2v) is 4.98. The highest BCUT2D eigenvalue weighted by Gasteiger charge is 2.11. The first-order valence-electron chi connectivity index (χ1n) is 6.38. The average Bonchev–Trinajstić information content (AvgIpc) is 2.34. The van der Waals surface area contributed by atoms with Crippen LogP contribution < -0.4 is 10.6 Å². The predicted octanol–water partition coefficient (Wildman–Crippen LogP) is 2.48. The number of rotatable bonds is 6. The third-order valence-electron chi connectivity index (χ3n) is 2.70. The Morgan fingerprint density at radius 2 is 2.17 bits per heavy atom. The molecule has 1 rings (SSSR count). The summed E-state index contributed by atoms with van der Waals surface area (Å²) < 4.78 is 0. The Hall–Kier alpha value is -1.60. The lowest BCUT2D eigenvalue weighted by Gasteiger charge is -2.25. The molecule has 0 aromatic carbocycles. The van der Waals surface area contributed by atoms with E-state index in [-0.39, 0.29) is 6.04 Å². The van der Waals surface area contributed by atoms with Crippen LogP contribution in [0.5, 0.6) is 0 Å². The van der Waals surface area contributed by atoms with E-state index in [1.165, 1.54) is 0 Å². The fraction of sp³-hybridized carbons (Fsp3) is 0.571. The van der Waals surface area contributed by atoms with E-state index in [4.69, 9.17) is 11.0 Å². The third-order valence-corrected chi connectivity index (χ3v) is 2.70. The van der Waals surface area contributed by atoms with Gasteiger partial charge in [0.2, 0.25) is 0 Å². The summed E-state index contributed by atoms with van der Waals surface area (Å²) in [5.41, 5.74) is 6.96. The van der Waals surface area contributed by atoms with Crippen molar-refractivity contribution in [2.24, 2.45) is 11.7 Å². The maximum absolute atomic E-state index is 8.72. The molecule has 4 nitrogen and oxygen atoms in total. The summed E-state index contributed by atoms with van der Waals surface area (Å²) in [6.45, 7) is 7.89. The zero-order valence-electron chi connectivity index (χ0n) is 11.4. The predicted molar refractivity (Wildman–Crippen MR) is 74.1 cm³/mol. The minimum Gasteiger partial charge on any atom is -0.355 e. The lowest BCUT2D eigenvalue weighted by Crippen LogP contribution is -2.29. The minimum atomic E-state index is 0.00335. The lowest BCUT2D eigenvalue weighted by molar-refractivity contribution is 0.607. The van der Waals surface area contributed by atoms with E-state index in [9.17, 15) is 0 Å². The molecular formula is C14H22N4. The fourth-order valence-electron chi connectivity index (χ4n) is 1.82. The van der Waals surface area contributed by atoms with Crippen LogP contribution in [0.4, 0.5) is 5.82 Å². The van der Waals surface area contributed by atoms with Gasteiger partial charge in [0.1, 0.15) is 5.82 Å². The minimum absolute atomic E-state index is 0.00335. The van der Waals surface area contributed by atoms with Crippen molar-refractivity contribution in [3.05, 3.63) is 23.9 Å². The van der Waals surface area contributed by atoms with Crippen molar-refractivity contribution in [1.29, 1.82) is 5.26 Å². The van der Waals surface area contributed by atoms with Crippen LogP contribution in [0.3, 0.4) is 0 Å². The molecule has 1 heterocycles. The molecule has 0 aliphatic heterocycles. The number of aromatic nitrogens is 1. The molecule has 2 N–H and O–H groups in total. The van der Waals surface area contributed by atoms with Gasteiger partial charge >= 0.3 is 0 Å². The molecule has 0 saturated carbocycles. The van der Waals surface area contributed by atoms with Crippen molar-refractivity contribution in [3.63, 3.8) is 0 Å². The second kappa shape index (κ2) is 6.97. The first kappa shape index (κ1) is 14.5. The van der Waals surface area contributed by atoms with Crippen molar-refractivity contribution < 1.29 is 0 Å². The monoisotopic (exact) mass is 246 g/mol. The molecule has 1 atom stereocenters. The van der Waals surface area contributed by atoms with Gasteiger partial charge in [0.05, 0.1) is 12.5 Å². The molecule has 1 aromatic heterocycles. The largest absolute Gasteiger partial charge is 0.355 e. The molecule has 4 heteroatoms. The van der Waals surface area contributed by atoms with Gasteiger partial charge in [0.15, 0.2) is 0 Å². The van der Waals surface area contributed by atoms with E-state index in [0.29, 0.717) is 18.9 Å². The number of hydrogen-bond acceptors (Lipinski definition) is 4. The van der Waals surface area contributed by atoms with Crippen molar-refractivity contribution in [2.75, 3.05) is 18.0 Å². The number of nitriles is 1. The van der Waals surface area contributed by atoms with E-state index < -0.39 is 0 Å². The van der Waals surface area contributed by atoms with Crippen molar-refractivity contribution in [2.45, 2.75) is 33.2 Å². The smallest absolute Gasteiger partial charge is 0.128 e. The summed E-state index contributed by atoms with van der Waals surface area (Å²) in [6, 6.07) is 6.14.